The van der Waals surface area contributed by atoms with Crippen molar-refractivity contribution in [3.8, 4) is 6.07 Å². The third-order valence-electron chi connectivity index (χ3n) is 5.66. The van der Waals surface area contributed by atoms with E-state index < -0.39 is 48.3 Å². The molecule has 1 amide bonds. The average molecular weight is 533 g/mol. The molecule has 0 saturated carbocycles. The smallest absolute Gasteiger partial charge is 0.249 e. The third-order valence-corrected chi connectivity index (χ3v) is 8.54. The molecule has 1 fully saturated rings. The van der Waals surface area contributed by atoms with Crippen molar-refractivity contribution < 1.29 is 22.9 Å². The Labute approximate surface area is 213 Å². The highest BCUT2D eigenvalue weighted by molar-refractivity contribution is 6.70. The molecule has 0 unspecified atom stereocenters. The number of nitriles is 1. The molecule has 1 aliphatic carbocycles. The molecule has 0 N–H and O–H groups in total. The number of rotatable bonds is 9. The largest absolute Gasteiger partial charge is 0.409 e. The van der Waals surface area contributed by atoms with Crippen LogP contribution in [0.3, 0.4) is 0 Å². The Morgan fingerprint density at radius 1 is 0.914 bits per heavy atom. The molecule has 10 heteroatoms. The number of nitrogens with zero attached hydrogens (tertiary/aromatic N) is 2. The predicted molar refractivity (Wildman–Crippen MR) is 144 cm³/mol. The fraction of sp³-hybridized carbons (Fsp3) is 0.600. The molecule has 7 nitrogen and oxygen atoms in total. The zero-order valence-corrected chi connectivity index (χ0v) is 25.5. The van der Waals surface area contributed by atoms with Gasteiger partial charge in [-0.05, 0) is 70.6 Å². The highest BCUT2D eigenvalue weighted by Crippen LogP contribution is 2.48. The number of benzene rings is 1. The molecule has 1 saturated heterocycles. The Balaban J connectivity index is 2.10. The standard InChI is InChI=1S/C25H40N2O5Si3/c1-33(2,3)30-22-23(31-34(4,5)6)25(19-26,32-35(7,8)9)16-15-24(22)17-21(28)27(24)29-18-20-13-11-10-12-14-20/h10-16,22-23H,17-18H2,1-9H3/t22-,23+,24+,25+/m1/s1. The van der Waals surface area contributed by atoms with E-state index in [1.165, 1.54) is 5.06 Å². The van der Waals surface area contributed by atoms with E-state index in [0.29, 0.717) is 0 Å². The minimum atomic E-state index is -2.17. The van der Waals surface area contributed by atoms with Crippen LogP contribution in [0.15, 0.2) is 42.5 Å². The molecule has 0 radical (unpaired) electrons. The Kier molecular flexibility index (Phi) is 7.76. The fourth-order valence-electron chi connectivity index (χ4n) is 4.52. The van der Waals surface area contributed by atoms with Gasteiger partial charge in [-0.3, -0.25) is 9.63 Å². The molecular weight excluding hydrogens is 493 g/mol. The summed E-state index contributed by atoms with van der Waals surface area (Å²) in [6, 6.07) is 12.2. The monoisotopic (exact) mass is 532 g/mol. The van der Waals surface area contributed by atoms with Crippen molar-refractivity contribution in [1.29, 1.82) is 5.26 Å². The van der Waals surface area contributed by atoms with Gasteiger partial charge >= 0.3 is 0 Å². The van der Waals surface area contributed by atoms with Crippen molar-refractivity contribution in [2.75, 3.05) is 0 Å². The van der Waals surface area contributed by atoms with Crippen LogP contribution in [0.2, 0.25) is 58.9 Å². The maximum Gasteiger partial charge on any atom is 0.249 e. The first-order valence-electron chi connectivity index (χ1n) is 12.2. The van der Waals surface area contributed by atoms with E-state index in [-0.39, 0.29) is 18.9 Å². The summed E-state index contributed by atoms with van der Waals surface area (Å²) >= 11 is 0. The van der Waals surface area contributed by atoms with Gasteiger partial charge < -0.3 is 13.3 Å². The predicted octanol–water partition coefficient (Wildman–Crippen LogP) is 5.21. The van der Waals surface area contributed by atoms with Crippen LogP contribution in [0, 0.1) is 11.3 Å². The molecule has 1 heterocycles. The van der Waals surface area contributed by atoms with Crippen LogP contribution in [0.1, 0.15) is 12.0 Å². The maximum atomic E-state index is 12.9. The van der Waals surface area contributed by atoms with Crippen LogP contribution in [-0.2, 0) is 29.5 Å². The fourth-order valence-corrected chi connectivity index (χ4v) is 7.91. The Morgan fingerprint density at radius 2 is 1.49 bits per heavy atom. The van der Waals surface area contributed by atoms with Gasteiger partial charge in [-0.25, -0.2) is 5.06 Å². The molecule has 2 aliphatic rings. The topological polar surface area (TPSA) is 81.0 Å². The summed E-state index contributed by atoms with van der Waals surface area (Å²) in [5, 5.41) is 11.9. The van der Waals surface area contributed by atoms with Crippen LogP contribution in [0.4, 0.5) is 0 Å². The van der Waals surface area contributed by atoms with Crippen molar-refractivity contribution in [2.45, 2.75) is 95.3 Å². The number of hydrogen-bond donors (Lipinski definition) is 0. The normalized spacial score (nSPS) is 29.3. The zero-order valence-electron chi connectivity index (χ0n) is 22.5. The number of β-lactam (4-membered cyclic amide) rings is 1. The number of amides is 1. The second kappa shape index (κ2) is 9.70. The molecular formula is C25H40N2O5Si3. The summed E-state index contributed by atoms with van der Waals surface area (Å²) in [6.07, 6.45) is 2.63. The molecule has 35 heavy (non-hydrogen) atoms. The Bertz CT molecular complexity index is 994. The molecule has 1 aromatic rings. The Hall–Kier alpha value is -1.59. The molecule has 0 bridgehead atoms. The van der Waals surface area contributed by atoms with Crippen molar-refractivity contribution in [3.05, 3.63) is 48.0 Å². The van der Waals surface area contributed by atoms with E-state index in [1.54, 1.807) is 6.08 Å². The van der Waals surface area contributed by atoms with E-state index in [9.17, 15) is 10.1 Å². The zero-order chi connectivity index (χ0) is 26.3. The number of carbonyl (C=O) groups excluding carboxylic acids is 1. The molecule has 1 aromatic carbocycles. The van der Waals surface area contributed by atoms with Gasteiger partial charge in [-0.1, -0.05) is 36.4 Å². The van der Waals surface area contributed by atoms with E-state index >= 15 is 0 Å². The first-order valence-corrected chi connectivity index (χ1v) is 22.4. The number of hydroxylamine groups is 2. The van der Waals surface area contributed by atoms with Gasteiger partial charge in [-0.2, -0.15) is 5.26 Å². The van der Waals surface area contributed by atoms with E-state index in [4.69, 9.17) is 18.1 Å². The van der Waals surface area contributed by atoms with Crippen molar-refractivity contribution in [2.24, 2.45) is 0 Å². The van der Waals surface area contributed by atoms with E-state index in [0.717, 1.165) is 5.56 Å². The second-order valence-electron chi connectivity index (χ2n) is 12.4. The summed E-state index contributed by atoms with van der Waals surface area (Å²) < 4.78 is 20.1. The third kappa shape index (κ3) is 6.40. The summed E-state index contributed by atoms with van der Waals surface area (Å²) in [6.45, 7) is 19.0. The van der Waals surface area contributed by atoms with E-state index in [1.807, 2.05) is 36.4 Å². The maximum absolute atomic E-state index is 12.9. The first-order chi connectivity index (χ1) is 16.0. The summed E-state index contributed by atoms with van der Waals surface area (Å²) in [7, 11) is -6.48. The van der Waals surface area contributed by atoms with Gasteiger partial charge in [-0.15, -0.1) is 0 Å². The van der Waals surface area contributed by atoms with Crippen LogP contribution in [-0.4, -0.2) is 59.3 Å². The lowest BCUT2D eigenvalue weighted by molar-refractivity contribution is -0.278. The second-order valence-corrected chi connectivity index (χ2v) is 25.7. The molecule has 1 spiro atoms. The molecule has 4 atom stereocenters. The minimum absolute atomic E-state index is 0.114. The van der Waals surface area contributed by atoms with Gasteiger partial charge in [0.1, 0.15) is 30.4 Å². The van der Waals surface area contributed by atoms with Gasteiger partial charge in [0, 0.05) is 0 Å². The summed E-state index contributed by atoms with van der Waals surface area (Å²) in [4.78, 5) is 19.0. The van der Waals surface area contributed by atoms with Crippen molar-refractivity contribution in [1.82, 2.24) is 5.06 Å². The Morgan fingerprint density at radius 3 is 1.97 bits per heavy atom. The molecule has 0 aromatic heterocycles. The van der Waals surface area contributed by atoms with Crippen LogP contribution >= 0.6 is 0 Å². The van der Waals surface area contributed by atoms with Gasteiger partial charge in [0.2, 0.25) is 5.91 Å². The summed E-state index contributed by atoms with van der Waals surface area (Å²) in [5.41, 5.74) is -1.20. The van der Waals surface area contributed by atoms with Crippen molar-refractivity contribution >= 4 is 30.9 Å². The van der Waals surface area contributed by atoms with Crippen LogP contribution < -0.4 is 0 Å². The van der Waals surface area contributed by atoms with Crippen molar-refractivity contribution in [3.63, 3.8) is 0 Å². The van der Waals surface area contributed by atoms with E-state index in [2.05, 4.69) is 65.0 Å². The van der Waals surface area contributed by atoms with Gasteiger partial charge in [0.25, 0.3) is 0 Å². The first kappa shape index (κ1) is 28.0. The minimum Gasteiger partial charge on any atom is -0.409 e. The lowest BCUT2D eigenvalue weighted by atomic mass is 9.70. The quantitative estimate of drug-likeness (QED) is 0.247. The number of carbonyl (C=O) groups is 1. The lowest BCUT2D eigenvalue weighted by Crippen LogP contribution is -2.77. The highest BCUT2D eigenvalue weighted by atomic mass is 28.4. The number of hydrogen-bond acceptors (Lipinski definition) is 6. The van der Waals surface area contributed by atoms with Crippen LogP contribution in [0.5, 0.6) is 0 Å². The van der Waals surface area contributed by atoms with Crippen LogP contribution in [0.25, 0.3) is 0 Å². The van der Waals surface area contributed by atoms with Gasteiger partial charge in [0.05, 0.1) is 6.42 Å². The summed E-state index contributed by atoms with van der Waals surface area (Å²) in [5.74, 6) is -0.114. The molecule has 3 rings (SSSR count). The van der Waals surface area contributed by atoms with Gasteiger partial charge in [0.15, 0.2) is 30.6 Å². The average Bonchev–Trinajstić information content (AvgIpc) is 2.70. The SMILES string of the molecule is C[Si](C)(C)O[C@@H]1[C@H](O[Si](C)(C)C)[C@](C#N)(O[Si](C)(C)C)C=C[C@]12CC(=O)N2OCc1ccccc1. The molecule has 192 valence electrons. The lowest BCUT2D eigenvalue weighted by Gasteiger charge is -2.59. The highest BCUT2D eigenvalue weighted by Gasteiger charge is 2.66. The molecule has 1 aliphatic heterocycles.